The standard InChI is InChI=1S/C15H30O6Si/c1-14(2,3)22(4,5)20-9-10-11(16)12(17)13(18)15(21-10)7-6-8-19-15/h10-13,16-18H,6-9H2,1-5H3/t10-,11+,12+,13-,15+/m1/s1. The van der Waals surface area contributed by atoms with Crippen molar-refractivity contribution in [2.75, 3.05) is 13.2 Å². The van der Waals surface area contributed by atoms with Crippen molar-refractivity contribution in [3.05, 3.63) is 0 Å². The number of hydrogen-bond acceptors (Lipinski definition) is 6. The van der Waals surface area contributed by atoms with E-state index in [0.29, 0.717) is 13.0 Å². The summed E-state index contributed by atoms with van der Waals surface area (Å²) in [6.45, 7) is 11.3. The maximum atomic E-state index is 10.2. The highest BCUT2D eigenvalue weighted by molar-refractivity contribution is 6.74. The van der Waals surface area contributed by atoms with E-state index in [1.165, 1.54) is 0 Å². The minimum atomic E-state index is -1.98. The van der Waals surface area contributed by atoms with Crippen molar-refractivity contribution >= 4 is 8.32 Å². The first-order valence-electron chi connectivity index (χ1n) is 8.00. The molecule has 6 nitrogen and oxygen atoms in total. The Morgan fingerprint density at radius 2 is 1.82 bits per heavy atom. The van der Waals surface area contributed by atoms with Crippen molar-refractivity contribution in [1.82, 2.24) is 0 Å². The van der Waals surface area contributed by atoms with Crippen LogP contribution in [-0.4, -0.2) is 67.1 Å². The van der Waals surface area contributed by atoms with Crippen LogP contribution in [0, 0.1) is 0 Å². The highest BCUT2D eigenvalue weighted by Crippen LogP contribution is 2.40. The Labute approximate surface area is 133 Å². The van der Waals surface area contributed by atoms with Crippen LogP contribution in [0.4, 0.5) is 0 Å². The number of aliphatic hydroxyl groups excluding tert-OH is 3. The van der Waals surface area contributed by atoms with Gasteiger partial charge in [-0.05, 0) is 24.6 Å². The highest BCUT2D eigenvalue weighted by Gasteiger charge is 2.56. The quantitative estimate of drug-likeness (QED) is 0.667. The number of ether oxygens (including phenoxy) is 2. The van der Waals surface area contributed by atoms with Crippen LogP contribution < -0.4 is 0 Å². The predicted molar refractivity (Wildman–Crippen MR) is 84.0 cm³/mol. The van der Waals surface area contributed by atoms with Crippen molar-refractivity contribution in [1.29, 1.82) is 0 Å². The average Bonchev–Trinajstić information content (AvgIpc) is 2.88. The van der Waals surface area contributed by atoms with Crippen molar-refractivity contribution in [2.45, 2.75) is 81.9 Å². The molecule has 2 fully saturated rings. The Morgan fingerprint density at radius 3 is 2.32 bits per heavy atom. The molecule has 0 aromatic heterocycles. The second-order valence-corrected chi connectivity index (χ2v) is 12.7. The summed E-state index contributed by atoms with van der Waals surface area (Å²) >= 11 is 0. The van der Waals surface area contributed by atoms with Gasteiger partial charge >= 0.3 is 0 Å². The molecule has 0 bridgehead atoms. The van der Waals surface area contributed by atoms with Crippen LogP contribution >= 0.6 is 0 Å². The summed E-state index contributed by atoms with van der Waals surface area (Å²) in [7, 11) is -1.98. The molecule has 0 radical (unpaired) electrons. The van der Waals surface area contributed by atoms with Gasteiger partial charge in [0.2, 0.25) is 0 Å². The van der Waals surface area contributed by atoms with E-state index in [4.69, 9.17) is 13.9 Å². The average molecular weight is 334 g/mol. The van der Waals surface area contributed by atoms with E-state index in [1.807, 2.05) is 0 Å². The van der Waals surface area contributed by atoms with Gasteiger partial charge in [-0.1, -0.05) is 20.8 Å². The maximum absolute atomic E-state index is 10.2. The lowest BCUT2D eigenvalue weighted by Crippen LogP contribution is -2.65. The van der Waals surface area contributed by atoms with Gasteiger partial charge in [0, 0.05) is 6.42 Å². The molecular weight excluding hydrogens is 304 g/mol. The van der Waals surface area contributed by atoms with Crippen LogP contribution in [0.5, 0.6) is 0 Å². The molecule has 130 valence electrons. The summed E-state index contributed by atoms with van der Waals surface area (Å²) < 4.78 is 17.5. The third-order valence-electron chi connectivity index (χ3n) is 5.29. The monoisotopic (exact) mass is 334 g/mol. The Balaban J connectivity index is 2.07. The van der Waals surface area contributed by atoms with Gasteiger partial charge < -0.3 is 29.2 Å². The minimum absolute atomic E-state index is 0.0479. The number of aliphatic hydroxyl groups is 3. The van der Waals surface area contributed by atoms with Crippen molar-refractivity contribution in [3.8, 4) is 0 Å². The fourth-order valence-corrected chi connectivity index (χ4v) is 3.68. The molecule has 0 unspecified atom stereocenters. The van der Waals surface area contributed by atoms with Gasteiger partial charge in [-0.15, -0.1) is 0 Å². The molecule has 2 aliphatic rings. The van der Waals surface area contributed by atoms with Gasteiger partial charge in [0.25, 0.3) is 0 Å². The molecule has 2 rings (SSSR count). The Hall–Kier alpha value is -0.0231. The van der Waals surface area contributed by atoms with E-state index in [9.17, 15) is 15.3 Å². The lowest BCUT2D eigenvalue weighted by Gasteiger charge is -2.47. The minimum Gasteiger partial charge on any atom is -0.414 e. The summed E-state index contributed by atoms with van der Waals surface area (Å²) in [6, 6.07) is 0. The molecule has 1 spiro atoms. The van der Waals surface area contributed by atoms with Gasteiger partial charge in [-0.2, -0.15) is 0 Å². The van der Waals surface area contributed by atoms with E-state index in [2.05, 4.69) is 33.9 Å². The van der Waals surface area contributed by atoms with E-state index in [-0.39, 0.29) is 11.6 Å². The predicted octanol–water partition coefficient (Wildman–Crippen LogP) is 0.996. The van der Waals surface area contributed by atoms with E-state index < -0.39 is 38.5 Å². The van der Waals surface area contributed by atoms with E-state index in [0.717, 1.165) is 6.42 Å². The lowest BCUT2D eigenvalue weighted by atomic mass is 9.91. The molecule has 2 saturated heterocycles. The molecule has 3 N–H and O–H groups in total. The number of rotatable bonds is 3. The Morgan fingerprint density at radius 1 is 1.18 bits per heavy atom. The number of hydrogen-bond donors (Lipinski definition) is 3. The van der Waals surface area contributed by atoms with Gasteiger partial charge in [-0.3, -0.25) is 0 Å². The molecule has 7 heteroatoms. The fourth-order valence-electron chi connectivity index (χ4n) is 2.66. The van der Waals surface area contributed by atoms with Crippen LogP contribution in [0.2, 0.25) is 18.1 Å². The van der Waals surface area contributed by atoms with Crippen LogP contribution in [-0.2, 0) is 13.9 Å². The van der Waals surface area contributed by atoms with Crippen molar-refractivity contribution < 1.29 is 29.2 Å². The molecule has 0 amide bonds. The zero-order chi connectivity index (χ0) is 16.8. The van der Waals surface area contributed by atoms with Crippen LogP contribution in [0.15, 0.2) is 0 Å². The Bertz CT molecular complexity index is 388. The maximum Gasteiger partial charge on any atom is 0.197 e. The second kappa shape index (κ2) is 6.12. The summed E-state index contributed by atoms with van der Waals surface area (Å²) in [4.78, 5) is 0. The zero-order valence-corrected chi connectivity index (χ0v) is 15.2. The summed E-state index contributed by atoms with van der Waals surface area (Å²) in [5.41, 5.74) is 0. The summed E-state index contributed by atoms with van der Waals surface area (Å²) in [6.07, 6.45) is -3.15. The van der Waals surface area contributed by atoms with E-state index in [1.54, 1.807) is 0 Å². The third kappa shape index (κ3) is 3.26. The zero-order valence-electron chi connectivity index (χ0n) is 14.2. The van der Waals surface area contributed by atoms with Crippen LogP contribution in [0.1, 0.15) is 33.6 Å². The van der Waals surface area contributed by atoms with Gasteiger partial charge in [0.15, 0.2) is 14.1 Å². The summed E-state index contributed by atoms with van der Waals surface area (Å²) in [5, 5.41) is 30.6. The largest absolute Gasteiger partial charge is 0.414 e. The third-order valence-corrected chi connectivity index (χ3v) is 9.79. The molecule has 0 saturated carbocycles. The summed E-state index contributed by atoms with van der Waals surface area (Å²) in [5.74, 6) is -1.21. The van der Waals surface area contributed by atoms with E-state index >= 15 is 0 Å². The molecule has 0 aromatic carbocycles. The molecule has 2 aliphatic heterocycles. The first kappa shape index (κ1) is 18.3. The molecule has 5 atom stereocenters. The first-order valence-corrected chi connectivity index (χ1v) is 10.9. The topological polar surface area (TPSA) is 88.4 Å². The van der Waals surface area contributed by atoms with Crippen LogP contribution in [0.25, 0.3) is 0 Å². The van der Waals surface area contributed by atoms with Gasteiger partial charge in [0.1, 0.15) is 24.4 Å². The smallest absolute Gasteiger partial charge is 0.197 e. The molecular formula is C15H30O6Si. The normalized spacial score (nSPS) is 40.4. The fraction of sp³-hybridized carbons (Fsp3) is 1.00. The molecule has 2 heterocycles. The van der Waals surface area contributed by atoms with Gasteiger partial charge in [-0.25, -0.2) is 0 Å². The molecule has 0 aliphatic carbocycles. The van der Waals surface area contributed by atoms with Crippen molar-refractivity contribution in [2.24, 2.45) is 0 Å². The first-order chi connectivity index (χ1) is 10.0. The van der Waals surface area contributed by atoms with Gasteiger partial charge in [0.05, 0.1) is 13.2 Å². The second-order valence-electron chi connectivity index (χ2n) is 7.92. The SMILES string of the molecule is CC(C)(C)[Si](C)(C)OC[C@H]1O[C@@]2(CCCO2)[C@H](O)[C@@H](O)[C@H]1O. The molecule has 0 aromatic rings. The lowest BCUT2D eigenvalue weighted by molar-refractivity contribution is -0.349. The highest BCUT2D eigenvalue weighted by atomic mass is 28.4. The molecule has 22 heavy (non-hydrogen) atoms. The van der Waals surface area contributed by atoms with Crippen LogP contribution in [0.3, 0.4) is 0 Å². The van der Waals surface area contributed by atoms with Crippen molar-refractivity contribution in [3.63, 3.8) is 0 Å². The Kier molecular flexibility index (Phi) is 5.10.